The summed E-state index contributed by atoms with van der Waals surface area (Å²) in [6, 6.07) is 11.5. The molecule has 1 aromatic heterocycles. The van der Waals surface area contributed by atoms with Crippen molar-refractivity contribution in [3.8, 4) is 0 Å². The molecule has 24 heavy (non-hydrogen) atoms. The van der Waals surface area contributed by atoms with E-state index in [1.54, 1.807) is 0 Å². The van der Waals surface area contributed by atoms with Gasteiger partial charge < -0.3 is 14.6 Å². The fraction of sp³-hybridized carbons (Fsp3) is 0.550. The van der Waals surface area contributed by atoms with E-state index in [1.807, 2.05) is 12.4 Å². The van der Waals surface area contributed by atoms with Gasteiger partial charge in [-0.25, -0.2) is 4.98 Å². The molecule has 1 aliphatic heterocycles. The molecule has 0 unspecified atom stereocenters. The topological polar surface area (TPSA) is 39.1 Å². The summed E-state index contributed by atoms with van der Waals surface area (Å²) in [5.41, 5.74) is 1.41. The maximum Gasteiger partial charge on any atom is 0.139 e. The average Bonchev–Trinajstić information content (AvgIpc) is 3.10. The van der Waals surface area contributed by atoms with E-state index in [9.17, 15) is 0 Å². The lowest BCUT2D eigenvalue weighted by atomic mass is 9.99. The van der Waals surface area contributed by atoms with Gasteiger partial charge in [0.05, 0.1) is 0 Å². The number of imidazole rings is 1. The van der Waals surface area contributed by atoms with Gasteiger partial charge in [-0.15, -0.1) is 0 Å². The first-order chi connectivity index (χ1) is 11.8. The Morgan fingerprint density at radius 3 is 2.96 bits per heavy atom. The molecule has 4 nitrogen and oxygen atoms in total. The van der Waals surface area contributed by atoms with Gasteiger partial charge in [-0.2, -0.15) is 0 Å². The zero-order chi connectivity index (χ0) is 16.8. The highest BCUT2D eigenvalue weighted by Gasteiger charge is 2.31. The van der Waals surface area contributed by atoms with Gasteiger partial charge in [0.25, 0.3) is 0 Å². The van der Waals surface area contributed by atoms with Crippen LogP contribution in [0.3, 0.4) is 0 Å². The van der Waals surface area contributed by atoms with Crippen molar-refractivity contribution in [2.24, 2.45) is 0 Å². The van der Waals surface area contributed by atoms with Crippen molar-refractivity contribution < 1.29 is 4.74 Å². The molecule has 0 spiro atoms. The number of rotatable bonds is 7. The van der Waals surface area contributed by atoms with Crippen LogP contribution in [-0.2, 0) is 17.7 Å². The molecular formula is C20H29N3O. The summed E-state index contributed by atoms with van der Waals surface area (Å²) in [5.74, 6) is 1.06. The van der Waals surface area contributed by atoms with E-state index < -0.39 is 0 Å². The van der Waals surface area contributed by atoms with Gasteiger partial charge in [0.2, 0.25) is 0 Å². The van der Waals surface area contributed by atoms with Crippen LogP contribution in [0.1, 0.15) is 50.6 Å². The summed E-state index contributed by atoms with van der Waals surface area (Å²) in [6.07, 6.45) is 8.50. The first-order valence-corrected chi connectivity index (χ1v) is 9.20. The van der Waals surface area contributed by atoms with Crippen molar-refractivity contribution in [1.29, 1.82) is 0 Å². The molecule has 0 saturated carbocycles. The first kappa shape index (κ1) is 17.2. The predicted molar refractivity (Wildman–Crippen MR) is 97.0 cm³/mol. The molecule has 3 atom stereocenters. The van der Waals surface area contributed by atoms with Crippen molar-refractivity contribution in [3.63, 3.8) is 0 Å². The molecule has 0 radical (unpaired) electrons. The minimum Gasteiger partial charge on any atom is -0.369 e. The van der Waals surface area contributed by atoms with E-state index in [2.05, 4.69) is 59.0 Å². The lowest BCUT2D eigenvalue weighted by Crippen LogP contribution is -2.44. The fourth-order valence-electron chi connectivity index (χ4n) is 3.53. The van der Waals surface area contributed by atoms with E-state index in [0.29, 0.717) is 12.1 Å². The smallest absolute Gasteiger partial charge is 0.139 e. The zero-order valence-electron chi connectivity index (χ0n) is 14.8. The minimum absolute atomic E-state index is 0.0628. The summed E-state index contributed by atoms with van der Waals surface area (Å²) in [5, 5.41) is 3.80. The number of nitrogens with one attached hydrogen (secondary N) is 1. The second-order valence-electron chi connectivity index (χ2n) is 6.70. The van der Waals surface area contributed by atoms with Crippen molar-refractivity contribution in [3.05, 3.63) is 54.1 Å². The SMILES string of the molecule is CCn1ccnc1[C@H]1OCCC[C@@H]1N[C@H](C)CCc1ccccc1. The normalized spacial score (nSPS) is 22.4. The van der Waals surface area contributed by atoms with Crippen LogP contribution in [0.5, 0.6) is 0 Å². The van der Waals surface area contributed by atoms with E-state index in [1.165, 1.54) is 5.56 Å². The highest BCUT2D eigenvalue weighted by Crippen LogP contribution is 2.28. The van der Waals surface area contributed by atoms with E-state index in [-0.39, 0.29) is 6.10 Å². The van der Waals surface area contributed by atoms with Crippen LogP contribution in [0.2, 0.25) is 0 Å². The van der Waals surface area contributed by atoms with Crippen LogP contribution in [0.25, 0.3) is 0 Å². The molecule has 2 aromatic rings. The Morgan fingerprint density at radius 2 is 2.17 bits per heavy atom. The van der Waals surface area contributed by atoms with Crippen LogP contribution in [0, 0.1) is 0 Å². The number of hydrogen-bond acceptors (Lipinski definition) is 3. The summed E-state index contributed by atoms with van der Waals surface area (Å²) in [6.45, 7) is 6.20. The lowest BCUT2D eigenvalue weighted by Gasteiger charge is -2.34. The monoisotopic (exact) mass is 327 g/mol. The maximum atomic E-state index is 6.10. The summed E-state index contributed by atoms with van der Waals surface area (Å²) in [4.78, 5) is 4.56. The Morgan fingerprint density at radius 1 is 1.33 bits per heavy atom. The minimum atomic E-state index is 0.0628. The molecule has 0 aliphatic carbocycles. The number of hydrogen-bond donors (Lipinski definition) is 1. The molecule has 3 rings (SSSR count). The summed E-state index contributed by atoms with van der Waals surface area (Å²) < 4.78 is 8.29. The van der Waals surface area contributed by atoms with Crippen LogP contribution < -0.4 is 5.32 Å². The Hall–Kier alpha value is -1.65. The van der Waals surface area contributed by atoms with Gasteiger partial charge >= 0.3 is 0 Å². The van der Waals surface area contributed by atoms with Crippen molar-refractivity contribution in [2.45, 2.75) is 64.3 Å². The molecule has 130 valence electrons. The van der Waals surface area contributed by atoms with Gasteiger partial charge in [0.1, 0.15) is 11.9 Å². The molecule has 1 aromatic carbocycles. The van der Waals surface area contributed by atoms with Crippen LogP contribution in [0.15, 0.2) is 42.7 Å². The van der Waals surface area contributed by atoms with Crippen LogP contribution in [0.4, 0.5) is 0 Å². The number of ether oxygens (including phenoxy) is 1. The number of aryl methyl sites for hydroxylation is 2. The standard InChI is InChI=1S/C20H29N3O/c1-3-23-14-13-21-20(23)19-18(10-7-15-24-19)22-16(2)11-12-17-8-5-4-6-9-17/h4-6,8-9,13-14,16,18-19,22H,3,7,10-12,15H2,1-2H3/t16-,18+,19+/m1/s1. The second-order valence-corrected chi connectivity index (χ2v) is 6.70. The largest absolute Gasteiger partial charge is 0.369 e. The Bertz CT molecular complexity index is 610. The fourth-order valence-corrected chi connectivity index (χ4v) is 3.53. The van der Waals surface area contributed by atoms with Gasteiger partial charge in [0, 0.05) is 37.6 Å². The molecular weight excluding hydrogens is 298 g/mol. The first-order valence-electron chi connectivity index (χ1n) is 9.20. The lowest BCUT2D eigenvalue weighted by molar-refractivity contribution is -0.0205. The molecule has 0 amide bonds. The third-order valence-electron chi connectivity index (χ3n) is 4.87. The number of aromatic nitrogens is 2. The third kappa shape index (κ3) is 4.25. The number of nitrogens with zero attached hydrogens (tertiary/aromatic N) is 2. The summed E-state index contributed by atoms with van der Waals surface area (Å²) in [7, 11) is 0. The van der Waals surface area contributed by atoms with E-state index in [4.69, 9.17) is 4.74 Å². The predicted octanol–water partition coefficient (Wildman–Crippen LogP) is 3.73. The molecule has 4 heteroatoms. The third-order valence-corrected chi connectivity index (χ3v) is 4.87. The second kappa shape index (κ2) is 8.45. The highest BCUT2D eigenvalue weighted by atomic mass is 16.5. The Balaban J connectivity index is 1.59. The van der Waals surface area contributed by atoms with Gasteiger partial charge in [-0.3, -0.25) is 0 Å². The van der Waals surface area contributed by atoms with Gasteiger partial charge in [-0.1, -0.05) is 30.3 Å². The quantitative estimate of drug-likeness (QED) is 0.842. The van der Waals surface area contributed by atoms with Crippen LogP contribution in [-0.4, -0.2) is 28.2 Å². The number of benzene rings is 1. The maximum absolute atomic E-state index is 6.10. The van der Waals surface area contributed by atoms with Crippen molar-refractivity contribution >= 4 is 0 Å². The molecule has 0 bridgehead atoms. The Kier molecular flexibility index (Phi) is 6.05. The van der Waals surface area contributed by atoms with Crippen molar-refractivity contribution in [1.82, 2.24) is 14.9 Å². The molecule has 1 aliphatic rings. The van der Waals surface area contributed by atoms with E-state index >= 15 is 0 Å². The summed E-state index contributed by atoms with van der Waals surface area (Å²) >= 11 is 0. The van der Waals surface area contributed by atoms with Crippen molar-refractivity contribution in [2.75, 3.05) is 6.61 Å². The average molecular weight is 327 g/mol. The zero-order valence-corrected chi connectivity index (χ0v) is 14.8. The molecule has 1 N–H and O–H groups in total. The van der Waals surface area contributed by atoms with Gasteiger partial charge in [-0.05, 0) is 45.1 Å². The molecule has 1 fully saturated rings. The highest BCUT2D eigenvalue weighted by molar-refractivity contribution is 5.14. The molecule has 1 saturated heterocycles. The van der Waals surface area contributed by atoms with Gasteiger partial charge in [0.15, 0.2) is 0 Å². The van der Waals surface area contributed by atoms with E-state index in [0.717, 1.165) is 44.7 Å². The Labute approximate surface area is 145 Å². The molecule has 2 heterocycles. The van der Waals surface area contributed by atoms with Crippen LogP contribution >= 0.6 is 0 Å².